The lowest BCUT2D eigenvalue weighted by Gasteiger charge is -2.23. The van der Waals surface area contributed by atoms with Crippen LogP contribution in [-0.4, -0.2) is 42.1 Å². The highest BCUT2D eigenvalue weighted by Gasteiger charge is 2.28. The summed E-state index contributed by atoms with van der Waals surface area (Å²) >= 11 is 0. The molecule has 3 rings (SSSR count). The fraction of sp³-hybridized carbons (Fsp3) is 0.412. The maximum Gasteiger partial charge on any atom is 0.422 e. The summed E-state index contributed by atoms with van der Waals surface area (Å²) in [6.45, 7) is -0.00483. The van der Waals surface area contributed by atoms with Crippen molar-refractivity contribution in [2.45, 2.75) is 25.1 Å². The van der Waals surface area contributed by atoms with Gasteiger partial charge in [0.2, 0.25) is 5.88 Å². The van der Waals surface area contributed by atoms with Crippen molar-refractivity contribution in [3.05, 3.63) is 36.7 Å². The SMILES string of the molecule is FC(F)(F)COc1cncc(-c2ccc(OC3CCOCC3)cc2)n1. The minimum absolute atomic E-state index is 0.137. The summed E-state index contributed by atoms with van der Waals surface area (Å²) < 4.78 is 52.4. The van der Waals surface area contributed by atoms with E-state index in [9.17, 15) is 13.2 Å². The maximum absolute atomic E-state index is 12.2. The van der Waals surface area contributed by atoms with Gasteiger partial charge in [-0.3, -0.25) is 4.98 Å². The monoisotopic (exact) mass is 354 g/mol. The number of rotatable bonds is 5. The Morgan fingerprint density at radius 3 is 2.48 bits per heavy atom. The van der Waals surface area contributed by atoms with Crippen molar-refractivity contribution < 1.29 is 27.4 Å². The fourth-order valence-electron chi connectivity index (χ4n) is 2.40. The van der Waals surface area contributed by atoms with Crippen LogP contribution in [0.1, 0.15) is 12.8 Å². The third kappa shape index (κ3) is 5.32. The number of hydrogen-bond donors (Lipinski definition) is 0. The number of halogens is 3. The number of nitrogens with zero attached hydrogens (tertiary/aromatic N) is 2. The molecular formula is C17H17F3N2O3. The van der Waals surface area contributed by atoms with Gasteiger partial charge in [0.05, 0.1) is 31.3 Å². The number of alkyl halides is 3. The van der Waals surface area contributed by atoms with Gasteiger partial charge < -0.3 is 14.2 Å². The van der Waals surface area contributed by atoms with Gasteiger partial charge >= 0.3 is 6.18 Å². The number of hydrogen-bond acceptors (Lipinski definition) is 5. The van der Waals surface area contributed by atoms with E-state index in [1.165, 1.54) is 6.20 Å². The van der Waals surface area contributed by atoms with Gasteiger partial charge in [-0.15, -0.1) is 0 Å². The summed E-state index contributed by atoms with van der Waals surface area (Å²) in [5.41, 5.74) is 1.14. The van der Waals surface area contributed by atoms with E-state index in [-0.39, 0.29) is 12.0 Å². The molecule has 0 N–H and O–H groups in total. The first-order valence-corrected chi connectivity index (χ1v) is 7.86. The molecule has 2 aromatic rings. The molecule has 0 bridgehead atoms. The Kier molecular flexibility index (Phi) is 5.37. The summed E-state index contributed by atoms with van der Waals surface area (Å²) in [6.07, 6.45) is 0.0453. The van der Waals surface area contributed by atoms with Crippen LogP contribution in [0.4, 0.5) is 13.2 Å². The maximum atomic E-state index is 12.2. The summed E-state index contributed by atoms with van der Waals surface area (Å²) in [5.74, 6) is 0.561. The summed E-state index contributed by atoms with van der Waals surface area (Å²) in [6, 6.07) is 7.17. The van der Waals surface area contributed by atoms with Crippen molar-refractivity contribution in [1.82, 2.24) is 9.97 Å². The van der Waals surface area contributed by atoms with E-state index in [2.05, 4.69) is 14.7 Å². The van der Waals surface area contributed by atoms with E-state index in [0.29, 0.717) is 24.5 Å². The molecule has 1 aromatic heterocycles. The van der Waals surface area contributed by atoms with Crippen LogP contribution in [0, 0.1) is 0 Å². The van der Waals surface area contributed by atoms with Crippen molar-refractivity contribution in [2.75, 3.05) is 19.8 Å². The average Bonchev–Trinajstić information content (AvgIpc) is 2.61. The molecule has 2 heterocycles. The molecule has 1 saturated heterocycles. The topological polar surface area (TPSA) is 53.5 Å². The third-order valence-corrected chi connectivity index (χ3v) is 3.62. The van der Waals surface area contributed by atoms with E-state index in [0.717, 1.165) is 24.8 Å². The molecule has 0 atom stereocenters. The molecule has 1 fully saturated rings. The van der Waals surface area contributed by atoms with Gasteiger partial charge in [0.15, 0.2) is 6.61 Å². The molecule has 1 aliphatic rings. The first-order chi connectivity index (χ1) is 12.0. The van der Waals surface area contributed by atoms with Crippen molar-refractivity contribution in [3.63, 3.8) is 0 Å². The lowest BCUT2D eigenvalue weighted by atomic mass is 10.1. The molecule has 0 aliphatic carbocycles. The van der Waals surface area contributed by atoms with Crippen LogP contribution in [0.2, 0.25) is 0 Å². The first kappa shape index (κ1) is 17.5. The van der Waals surface area contributed by atoms with Gasteiger partial charge in [0, 0.05) is 18.4 Å². The Hall–Kier alpha value is -2.35. The lowest BCUT2D eigenvalue weighted by Crippen LogP contribution is -2.25. The minimum atomic E-state index is -4.42. The van der Waals surface area contributed by atoms with Crippen LogP contribution in [0.5, 0.6) is 11.6 Å². The predicted molar refractivity (Wildman–Crippen MR) is 83.5 cm³/mol. The van der Waals surface area contributed by atoms with Crippen LogP contribution in [0.15, 0.2) is 36.7 Å². The molecule has 5 nitrogen and oxygen atoms in total. The highest BCUT2D eigenvalue weighted by atomic mass is 19.4. The molecule has 0 spiro atoms. The Bertz CT molecular complexity index is 686. The second kappa shape index (κ2) is 7.69. The standard InChI is InChI=1S/C17H17F3N2O3/c18-17(19,20)11-24-16-10-21-9-15(22-16)12-1-3-13(4-2-12)25-14-5-7-23-8-6-14/h1-4,9-10,14H,5-8,11H2. The van der Waals surface area contributed by atoms with Crippen LogP contribution >= 0.6 is 0 Å². The van der Waals surface area contributed by atoms with Crippen molar-refractivity contribution >= 4 is 0 Å². The molecular weight excluding hydrogens is 337 g/mol. The molecule has 1 aromatic carbocycles. The highest BCUT2D eigenvalue weighted by Crippen LogP contribution is 2.24. The van der Waals surface area contributed by atoms with Gasteiger partial charge in [-0.25, -0.2) is 4.98 Å². The fourth-order valence-corrected chi connectivity index (χ4v) is 2.40. The zero-order valence-corrected chi connectivity index (χ0v) is 13.3. The third-order valence-electron chi connectivity index (χ3n) is 3.62. The largest absolute Gasteiger partial charge is 0.490 e. The van der Waals surface area contributed by atoms with Crippen molar-refractivity contribution in [2.24, 2.45) is 0 Å². The molecule has 0 radical (unpaired) electrons. The van der Waals surface area contributed by atoms with Gasteiger partial charge in [0.25, 0.3) is 0 Å². The molecule has 0 saturated carbocycles. The smallest absolute Gasteiger partial charge is 0.422 e. The summed E-state index contributed by atoms with van der Waals surface area (Å²) in [4.78, 5) is 7.93. The molecule has 1 aliphatic heterocycles. The summed E-state index contributed by atoms with van der Waals surface area (Å²) in [5, 5.41) is 0. The van der Waals surface area contributed by atoms with E-state index in [1.54, 1.807) is 24.3 Å². The lowest BCUT2D eigenvalue weighted by molar-refractivity contribution is -0.154. The molecule has 8 heteroatoms. The van der Waals surface area contributed by atoms with Crippen LogP contribution in [0.3, 0.4) is 0 Å². The van der Waals surface area contributed by atoms with Gasteiger partial charge in [-0.1, -0.05) is 0 Å². The molecule has 0 unspecified atom stereocenters. The van der Waals surface area contributed by atoms with E-state index >= 15 is 0 Å². The van der Waals surface area contributed by atoms with E-state index in [1.807, 2.05) is 0 Å². The highest BCUT2D eigenvalue weighted by molar-refractivity contribution is 5.59. The predicted octanol–water partition coefficient (Wildman–Crippen LogP) is 3.64. The normalized spacial score (nSPS) is 15.8. The first-order valence-electron chi connectivity index (χ1n) is 7.86. The van der Waals surface area contributed by atoms with Crippen molar-refractivity contribution in [1.29, 1.82) is 0 Å². The summed E-state index contributed by atoms with van der Waals surface area (Å²) in [7, 11) is 0. The Balaban J connectivity index is 1.65. The van der Waals surface area contributed by atoms with Gasteiger partial charge in [0.1, 0.15) is 11.9 Å². The molecule has 0 amide bonds. The minimum Gasteiger partial charge on any atom is -0.490 e. The zero-order valence-electron chi connectivity index (χ0n) is 13.3. The van der Waals surface area contributed by atoms with E-state index < -0.39 is 12.8 Å². The van der Waals surface area contributed by atoms with Crippen LogP contribution in [0.25, 0.3) is 11.3 Å². The molecule has 134 valence electrons. The molecule has 25 heavy (non-hydrogen) atoms. The second-order valence-corrected chi connectivity index (χ2v) is 5.60. The Morgan fingerprint density at radius 2 is 1.80 bits per heavy atom. The number of ether oxygens (including phenoxy) is 3. The van der Waals surface area contributed by atoms with Gasteiger partial charge in [-0.2, -0.15) is 13.2 Å². The van der Waals surface area contributed by atoms with Crippen LogP contribution < -0.4 is 9.47 Å². The number of benzene rings is 1. The Morgan fingerprint density at radius 1 is 1.08 bits per heavy atom. The van der Waals surface area contributed by atoms with Crippen LogP contribution in [-0.2, 0) is 4.74 Å². The number of aromatic nitrogens is 2. The van der Waals surface area contributed by atoms with E-state index in [4.69, 9.17) is 9.47 Å². The average molecular weight is 354 g/mol. The second-order valence-electron chi connectivity index (χ2n) is 5.60. The quantitative estimate of drug-likeness (QED) is 0.821. The zero-order chi connectivity index (χ0) is 17.7. The Labute approximate surface area is 142 Å². The van der Waals surface area contributed by atoms with Crippen molar-refractivity contribution in [3.8, 4) is 22.9 Å². The van der Waals surface area contributed by atoms with Gasteiger partial charge in [-0.05, 0) is 24.3 Å².